The third-order valence-electron chi connectivity index (χ3n) is 3.77. The van der Waals surface area contributed by atoms with E-state index in [-0.39, 0.29) is 17.8 Å². The van der Waals surface area contributed by atoms with Crippen molar-refractivity contribution in [2.24, 2.45) is 0 Å². The van der Waals surface area contributed by atoms with Gasteiger partial charge in [-0.2, -0.15) is 13.2 Å². The molecule has 5 nitrogen and oxygen atoms in total. The lowest BCUT2D eigenvalue weighted by Crippen LogP contribution is -2.39. The summed E-state index contributed by atoms with van der Waals surface area (Å²) >= 11 is 0. The average Bonchev–Trinajstić information content (AvgIpc) is 2.89. The fourth-order valence-corrected chi connectivity index (χ4v) is 2.53. The highest BCUT2D eigenvalue weighted by Crippen LogP contribution is 2.19. The van der Waals surface area contributed by atoms with Gasteiger partial charge in [-0.3, -0.25) is 9.36 Å². The van der Waals surface area contributed by atoms with Crippen LogP contribution in [0.3, 0.4) is 0 Å². The number of aromatic amines is 1. The fraction of sp³-hybridized carbons (Fsp3) is 0.412. The van der Waals surface area contributed by atoms with Crippen LogP contribution in [0.15, 0.2) is 35.3 Å². The molecule has 0 aliphatic heterocycles. The van der Waals surface area contributed by atoms with Gasteiger partial charge in [-0.25, -0.2) is 4.79 Å². The van der Waals surface area contributed by atoms with E-state index < -0.39 is 18.6 Å². The van der Waals surface area contributed by atoms with Gasteiger partial charge in [0.15, 0.2) is 0 Å². The molecule has 136 valence electrons. The van der Waals surface area contributed by atoms with Gasteiger partial charge < -0.3 is 9.88 Å². The maximum atomic E-state index is 12.7. The van der Waals surface area contributed by atoms with Crippen molar-refractivity contribution in [1.29, 1.82) is 0 Å². The average molecular weight is 355 g/mol. The van der Waals surface area contributed by atoms with Gasteiger partial charge in [0.25, 0.3) is 5.91 Å². The number of amides is 1. The molecule has 0 bridgehead atoms. The molecular formula is C17H20F3N3O2. The van der Waals surface area contributed by atoms with Gasteiger partial charge in [0, 0.05) is 24.0 Å². The number of carbonyl (C=O) groups excluding carboxylic acids is 1. The zero-order valence-electron chi connectivity index (χ0n) is 14.1. The largest absolute Gasteiger partial charge is 0.406 e. The first-order chi connectivity index (χ1) is 11.7. The molecule has 8 heteroatoms. The zero-order valence-corrected chi connectivity index (χ0v) is 14.1. The van der Waals surface area contributed by atoms with E-state index in [9.17, 15) is 22.8 Å². The van der Waals surface area contributed by atoms with Crippen LogP contribution in [0.1, 0.15) is 35.8 Å². The third kappa shape index (κ3) is 4.74. The van der Waals surface area contributed by atoms with Crippen LogP contribution in [-0.4, -0.2) is 39.6 Å². The lowest BCUT2D eigenvalue weighted by Gasteiger charge is -2.24. The van der Waals surface area contributed by atoms with Crippen LogP contribution in [0, 0.1) is 6.92 Å². The van der Waals surface area contributed by atoms with Crippen LogP contribution in [0.25, 0.3) is 5.69 Å². The Labute approximate surface area is 143 Å². The third-order valence-corrected chi connectivity index (χ3v) is 3.77. The number of carbonyl (C=O) groups is 1. The van der Waals surface area contributed by atoms with E-state index in [0.29, 0.717) is 24.2 Å². The highest BCUT2D eigenvalue weighted by molar-refractivity contribution is 5.94. The molecular weight excluding hydrogens is 335 g/mol. The Balaban J connectivity index is 2.24. The molecule has 0 aliphatic rings. The number of nitrogens with one attached hydrogen (secondary N) is 1. The maximum absolute atomic E-state index is 12.7. The summed E-state index contributed by atoms with van der Waals surface area (Å²) in [5.41, 5.74) is 1.06. The second kappa shape index (κ2) is 7.58. The molecule has 0 spiro atoms. The van der Waals surface area contributed by atoms with E-state index in [1.165, 1.54) is 16.7 Å². The van der Waals surface area contributed by atoms with E-state index in [1.807, 2.05) is 6.92 Å². The molecule has 0 aliphatic carbocycles. The number of aromatic nitrogens is 2. The minimum Gasteiger partial charge on any atom is -0.330 e. The summed E-state index contributed by atoms with van der Waals surface area (Å²) in [5.74, 6) is -0.671. The summed E-state index contributed by atoms with van der Waals surface area (Å²) in [5, 5.41) is 0. The number of rotatable bonds is 6. The number of hydrogen-bond acceptors (Lipinski definition) is 2. The first-order valence-corrected chi connectivity index (χ1v) is 7.96. The minimum absolute atomic E-state index is 0.0486. The summed E-state index contributed by atoms with van der Waals surface area (Å²) in [7, 11) is 0. The van der Waals surface area contributed by atoms with Crippen molar-refractivity contribution in [2.45, 2.75) is 32.9 Å². The molecule has 1 aromatic carbocycles. The van der Waals surface area contributed by atoms with Crippen LogP contribution < -0.4 is 5.69 Å². The summed E-state index contributed by atoms with van der Waals surface area (Å²) in [6.07, 6.45) is -1.70. The van der Waals surface area contributed by atoms with E-state index in [2.05, 4.69) is 4.98 Å². The molecule has 1 N–H and O–H groups in total. The number of benzene rings is 1. The highest BCUT2D eigenvalue weighted by Gasteiger charge is 2.33. The van der Waals surface area contributed by atoms with Gasteiger partial charge >= 0.3 is 11.9 Å². The fourth-order valence-electron chi connectivity index (χ4n) is 2.53. The molecule has 1 amide bonds. The van der Waals surface area contributed by atoms with Crippen molar-refractivity contribution in [3.05, 3.63) is 52.2 Å². The SMILES string of the molecule is CCCCN(CC(F)(F)F)C(=O)c1ccc(-n2c(C)c[nH]c2=O)cc1. The Morgan fingerprint density at radius 2 is 1.88 bits per heavy atom. The van der Waals surface area contributed by atoms with Crippen LogP contribution in [0.2, 0.25) is 0 Å². The summed E-state index contributed by atoms with van der Waals surface area (Å²) < 4.78 is 39.6. The van der Waals surface area contributed by atoms with E-state index in [1.54, 1.807) is 25.3 Å². The number of aryl methyl sites for hydroxylation is 1. The smallest absolute Gasteiger partial charge is 0.330 e. The molecule has 0 unspecified atom stereocenters. The van der Waals surface area contributed by atoms with E-state index in [4.69, 9.17) is 0 Å². The Morgan fingerprint density at radius 1 is 1.24 bits per heavy atom. The summed E-state index contributed by atoms with van der Waals surface area (Å²) in [6, 6.07) is 5.96. The van der Waals surface area contributed by atoms with Crippen molar-refractivity contribution in [1.82, 2.24) is 14.5 Å². The number of unbranched alkanes of at least 4 members (excludes halogenated alkanes) is 1. The number of nitrogens with zero attached hydrogens (tertiary/aromatic N) is 2. The number of imidazole rings is 1. The molecule has 0 saturated heterocycles. The standard InChI is InChI=1S/C17H20F3N3O2/c1-3-4-9-22(11-17(18,19)20)15(24)13-5-7-14(8-6-13)23-12(2)10-21-16(23)25/h5-8,10H,3-4,9,11H2,1-2H3,(H,21,25). The molecule has 0 fully saturated rings. The predicted octanol–water partition coefficient (Wildman–Crippen LogP) is 3.28. The number of alkyl halides is 3. The second-order valence-corrected chi connectivity index (χ2v) is 5.81. The number of H-pyrrole nitrogens is 1. The molecule has 0 saturated carbocycles. The molecule has 25 heavy (non-hydrogen) atoms. The number of halogens is 3. The summed E-state index contributed by atoms with van der Waals surface area (Å²) in [4.78, 5) is 27.5. The van der Waals surface area contributed by atoms with Crippen LogP contribution in [0.4, 0.5) is 13.2 Å². The molecule has 2 aromatic rings. The van der Waals surface area contributed by atoms with Gasteiger partial charge in [-0.15, -0.1) is 0 Å². The first kappa shape index (κ1) is 18.8. The Morgan fingerprint density at radius 3 is 2.36 bits per heavy atom. The van der Waals surface area contributed by atoms with Crippen LogP contribution in [-0.2, 0) is 0 Å². The van der Waals surface area contributed by atoms with Gasteiger partial charge in [0.1, 0.15) is 6.54 Å². The molecule has 0 atom stereocenters. The van der Waals surface area contributed by atoms with E-state index >= 15 is 0 Å². The van der Waals surface area contributed by atoms with Crippen molar-refractivity contribution in [3.63, 3.8) is 0 Å². The first-order valence-electron chi connectivity index (χ1n) is 7.96. The predicted molar refractivity (Wildman–Crippen MR) is 88.0 cm³/mol. The Kier molecular flexibility index (Phi) is 5.71. The molecule has 2 rings (SSSR count). The molecule has 1 aromatic heterocycles. The van der Waals surface area contributed by atoms with Gasteiger partial charge in [0.2, 0.25) is 0 Å². The summed E-state index contributed by atoms with van der Waals surface area (Å²) in [6.45, 7) is 2.37. The van der Waals surface area contributed by atoms with E-state index in [0.717, 1.165) is 4.90 Å². The quantitative estimate of drug-likeness (QED) is 0.865. The normalized spacial score (nSPS) is 11.6. The Hall–Kier alpha value is -2.51. The van der Waals surface area contributed by atoms with Crippen molar-refractivity contribution in [2.75, 3.05) is 13.1 Å². The lowest BCUT2D eigenvalue weighted by atomic mass is 10.1. The topological polar surface area (TPSA) is 58.1 Å². The van der Waals surface area contributed by atoms with Crippen LogP contribution >= 0.6 is 0 Å². The van der Waals surface area contributed by atoms with Crippen LogP contribution in [0.5, 0.6) is 0 Å². The van der Waals surface area contributed by atoms with Gasteiger partial charge in [-0.1, -0.05) is 13.3 Å². The minimum atomic E-state index is -4.45. The lowest BCUT2D eigenvalue weighted by molar-refractivity contribution is -0.140. The highest BCUT2D eigenvalue weighted by atomic mass is 19.4. The monoisotopic (exact) mass is 355 g/mol. The number of hydrogen-bond donors (Lipinski definition) is 1. The van der Waals surface area contributed by atoms with Gasteiger partial charge in [0.05, 0.1) is 5.69 Å². The van der Waals surface area contributed by atoms with Crippen molar-refractivity contribution in [3.8, 4) is 5.69 Å². The maximum Gasteiger partial charge on any atom is 0.406 e. The Bertz CT molecular complexity index is 776. The van der Waals surface area contributed by atoms with Crippen molar-refractivity contribution >= 4 is 5.91 Å². The molecule has 0 radical (unpaired) electrons. The van der Waals surface area contributed by atoms with Crippen molar-refractivity contribution < 1.29 is 18.0 Å². The molecule has 1 heterocycles. The second-order valence-electron chi connectivity index (χ2n) is 5.81. The van der Waals surface area contributed by atoms with Gasteiger partial charge in [-0.05, 0) is 37.6 Å². The zero-order chi connectivity index (χ0) is 18.6.